The van der Waals surface area contributed by atoms with Crippen molar-refractivity contribution >= 4 is 17.6 Å². The summed E-state index contributed by atoms with van der Waals surface area (Å²) in [6.45, 7) is 4.59. The number of piperazine rings is 1. The highest BCUT2D eigenvalue weighted by Crippen LogP contribution is 2.28. The Kier molecular flexibility index (Phi) is 7.98. The van der Waals surface area contributed by atoms with Crippen LogP contribution in [-0.4, -0.2) is 77.3 Å². The Morgan fingerprint density at radius 2 is 1.61 bits per heavy atom. The van der Waals surface area contributed by atoms with Crippen molar-refractivity contribution in [3.05, 3.63) is 54.1 Å². The van der Waals surface area contributed by atoms with Crippen LogP contribution >= 0.6 is 0 Å². The molecular weight excluding hydrogens is 394 g/mol. The van der Waals surface area contributed by atoms with Gasteiger partial charge in [-0.2, -0.15) is 0 Å². The summed E-state index contributed by atoms with van der Waals surface area (Å²) < 4.78 is 10.6. The molecule has 0 spiro atoms. The average Bonchev–Trinajstić information content (AvgIpc) is 2.84. The van der Waals surface area contributed by atoms with Crippen LogP contribution in [-0.2, 0) is 0 Å². The minimum absolute atomic E-state index is 0.107. The Balaban J connectivity index is 1.43. The molecule has 2 aromatic carbocycles. The molecule has 166 valence electrons. The third-order valence-electron chi connectivity index (χ3n) is 5.26. The van der Waals surface area contributed by atoms with Crippen LogP contribution in [0.5, 0.6) is 11.5 Å². The van der Waals surface area contributed by atoms with E-state index >= 15 is 0 Å². The number of rotatable bonds is 7. The fourth-order valence-corrected chi connectivity index (χ4v) is 3.58. The Morgan fingerprint density at radius 3 is 2.26 bits per heavy atom. The van der Waals surface area contributed by atoms with Gasteiger partial charge in [0.1, 0.15) is 11.5 Å². The molecule has 1 amide bonds. The van der Waals surface area contributed by atoms with Gasteiger partial charge < -0.3 is 29.9 Å². The molecule has 1 heterocycles. The number of hydrogen-bond acceptors (Lipinski definition) is 5. The zero-order valence-corrected chi connectivity index (χ0v) is 18.4. The molecule has 1 fully saturated rings. The molecule has 8 nitrogen and oxygen atoms in total. The van der Waals surface area contributed by atoms with E-state index in [1.807, 2.05) is 18.2 Å². The van der Waals surface area contributed by atoms with Crippen molar-refractivity contribution < 1.29 is 14.3 Å². The standard InChI is InChI=1S/C23H31N5O3/c1-24-23(26-13-12-25-22(29)18-8-10-19(30-2)11-9-18)28-16-14-27(15-17-28)20-6-4-5-7-21(20)31-3/h4-11H,12-17H2,1-3H3,(H,24,26)(H,25,29). The number of carbonyl (C=O) groups excluding carboxylic acids is 1. The lowest BCUT2D eigenvalue weighted by atomic mass is 10.2. The quantitative estimate of drug-likeness (QED) is 0.400. The Bertz CT molecular complexity index is 877. The van der Waals surface area contributed by atoms with Gasteiger partial charge in [0.25, 0.3) is 5.91 Å². The van der Waals surface area contributed by atoms with Crippen LogP contribution in [0.4, 0.5) is 5.69 Å². The van der Waals surface area contributed by atoms with Gasteiger partial charge in [0.15, 0.2) is 5.96 Å². The van der Waals surface area contributed by atoms with Crippen molar-refractivity contribution in [2.24, 2.45) is 4.99 Å². The molecule has 0 bridgehead atoms. The highest BCUT2D eigenvalue weighted by Gasteiger charge is 2.21. The first-order valence-electron chi connectivity index (χ1n) is 10.4. The second kappa shape index (κ2) is 11.1. The third kappa shape index (κ3) is 5.81. The second-order valence-corrected chi connectivity index (χ2v) is 7.10. The lowest BCUT2D eigenvalue weighted by molar-refractivity contribution is 0.0954. The molecule has 31 heavy (non-hydrogen) atoms. The molecule has 8 heteroatoms. The number of benzene rings is 2. The van der Waals surface area contributed by atoms with Gasteiger partial charge in [0.2, 0.25) is 0 Å². The van der Waals surface area contributed by atoms with Crippen LogP contribution < -0.4 is 25.0 Å². The molecule has 1 aliphatic heterocycles. The molecule has 1 saturated heterocycles. The maximum atomic E-state index is 12.2. The SMILES string of the molecule is CN=C(NCCNC(=O)c1ccc(OC)cc1)N1CCN(c2ccccc2OC)CC1. The molecule has 0 saturated carbocycles. The van der Waals surface area contributed by atoms with E-state index < -0.39 is 0 Å². The number of methoxy groups -OCH3 is 2. The van der Waals surface area contributed by atoms with Gasteiger partial charge in [-0.25, -0.2) is 0 Å². The Hall–Kier alpha value is -3.42. The largest absolute Gasteiger partial charge is 0.497 e. The minimum Gasteiger partial charge on any atom is -0.497 e. The van der Waals surface area contributed by atoms with Gasteiger partial charge in [0.05, 0.1) is 19.9 Å². The summed E-state index contributed by atoms with van der Waals surface area (Å²) in [5, 5.41) is 6.26. The van der Waals surface area contributed by atoms with E-state index in [0.717, 1.165) is 49.3 Å². The third-order valence-corrected chi connectivity index (χ3v) is 5.26. The van der Waals surface area contributed by atoms with E-state index in [1.165, 1.54) is 0 Å². The van der Waals surface area contributed by atoms with Gasteiger partial charge in [0, 0.05) is 51.9 Å². The first-order chi connectivity index (χ1) is 15.2. The molecule has 0 aliphatic carbocycles. The van der Waals surface area contributed by atoms with Crippen LogP contribution in [0.25, 0.3) is 0 Å². The van der Waals surface area contributed by atoms with Crippen molar-refractivity contribution in [3.63, 3.8) is 0 Å². The molecule has 1 aliphatic rings. The van der Waals surface area contributed by atoms with Crippen molar-refractivity contribution in [3.8, 4) is 11.5 Å². The number of carbonyl (C=O) groups is 1. The predicted molar refractivity (Wildman–Crippen MR) is 123 cm³/mol. The smallest absolute Gasteiger partial charge is 0.251 e. The van der Waals surface area contributed by atoms with E-state index in [1.54, 1.807) is 45.5 Å². The summed E-state index contributed by atoms with van der Waals surface area (Å²) in [4.78, 5) is 21.2. The van der Waals surface area contributed by atoms with Crippen LogP contribution in [0, 0.1) is 0 Å². The topological polar surface area (TPSA) is 78.4 Å². The minimum atomic E-state index is -0.107. The summed E-state index contributed by atoms with van der Waals surface area (Å²) in [7, 11) is 5.09. The van der Waals surface area contributed by atoms with Gasteiger partial charge in [-0.3, -0.25) is 9.79 Å². The molecule has 2 aromatic rings. The fourth-order valence-electron chi connectivity index (χ4n) is 3.58. The van der Waals surface area contributed by atoms with E-state index in [2.05, 4.69) is 31.5 Å². The molecule has 0 atom stereocenters. The van der Waals surface area contributed by atoms with E-state index in [0.29, 0.717) is 18.7 Å². The number of para-hydroxylation sites is 2. The number of ether oxygens (including phenoxy) is 2. The summed E-state index contributed by atoms with van der Waals surface area (Å²) in [6, 6.07) is 15.2. The van der Waals surface area contributed by atoms with Crippen molar-refractivity contribution in [1.29, 1.82) is 0 Å². The maximum absolute atomic E-state index is 12.2. The molecular formula is C23H31N5O3. The van der Waals surface area contributed by atoms with E-state index in [4.69, 9.17) is 9.47 Å². The van der Waals surface area contributed by atoms with Gasteiger partial charge in [-0.1, -0.05) is 12.1 Å². The number of nitrogens with one attached hydrogen (secondary N) is 2. The van der Waals surface area contributed by atoms with Gasteiger partial charge >= 0.3 is 0 Å². The first-order valence-corrected chi connectivity index (χ1v) is 10.4. The fraction of sp³-hybridized carbons (Fsp3) is 0.391. The van der Waals surface area contributed by atoms with Crippen LogP contribution in [0.1, 0.15) is 10.4 Å². The molecule has 2 N–H and O–H groups in total. The number of amides is 1. The molecule has 0 aromatic heterocycles. The van der Waals surface area contributed by atoms with Crippen molar-refractivity contribution in [2.75, 3.05) is 65.4 Å². The van der Waals surface area contributed by atoms with E-state index in [-0.39, 0.29) is 5.91 Å². The summed E-state index contributed by atoms with van der Waals surface area (Å²) in [5.74, 6) is 2.36. The second-order valence-electron chi connectivity index (χ2n) is 7.10. The molecule has 0 radical (unpaired) electrons. The highest BCUT2D eigenvalue weighted by molar-refractivity contribution is 5.94. The maximum Gasteiger partial charge on any atom is 0.251 e. The highest BCUT2D eigenvalue weighted by atomic mass is 16.5. The normalized spacial score (nSPS) is 14.2. The number of aliphatic imine (C=N–C) groups is 1. The monoisotopic (exact) mass is 425 g/mol. The number of guanidine groups is 1. The lowest BCUT2D eigenvalue weighted by Crippen LogP contribution is -2.53. The van der Waals surface area contributed by atoms with Crippen LogP contribution in [0.3, 0.4) is 0 Å². The predicted octanol–water partition coefficient (Wildman–Crippen LogP) is 1.83. The van der Waals surface area contributed by atoms with Crippen LogP contribution in [0.15, 0.2) is 53.5 Å². The van der Waals surface area contributed by atoms with Crippen molar-refractivity contribution in [2.45, 2.75) is 0 Å². The van der Waals surface area contributed by atoms with Crippen LogP contribution in [0.2, 0.25) is 0 Å². The summed E-state index contributed by atoms with van der Waals surface area (Å²) in [6.07, 6.45) is 0. The molecule has 3 rings (SSSR count). The lowest BCUT2D eigenvalue weighted by Gasteiger charge is -2.38. The number of anilines is 1. The average molecular weight is 426 g/mol. The van der Waals surface area contributed by atoms with Gasteiger partial charge in [-0.15, -0.1) is 0 Å². The zero-order chi connectivity index (χ0) is 22.1. The molecule has 0 unspecified atom stereocenters. The van der Waals surface area contributed by atoms with E-state index in [9.17, 15) is 4.79 Å². The number of hydrogen-bond donors (Lipinski definition) is 2. The number of nitrogens with zero attached hydrogens (tertiary/aromatic N) is 3. The summed E-state index contributed by atoms with van der Waals surface area (Å²) in [5.41, 5.74) is 1.73. The Labute approximate surface area is 183 Å². The Morgan fingerprint density at radius 1 is 0.935 bits per heavy atom. The summed E-state index contributed by atoms with van der Waals surface area (Å²) >= 11 is 0. The first kappa shape index (κ1) is 22.3. The van der Waals surface area contributed by atoms with Crippen molar-refractivity contribution in [1.82, 2.24) is 15.5 Å². The van der Waals surface area contributed by atoms with Gasteiger partial charge in [-0.05, 0) is 36.4 Å². The zero-order valence-electron chi connectivity index (χ0n) is 18.4.